The van der Waals surface area contributed by atoms with Crippen LogP contribution in [0.1, 0.15) is 17.5 Å². The fourth-order valence-electron chi connectivity index (χ4n) is 2.06. The Labute approximate surface area is 147 Å². The number of rotatable bonds is 6. The van der Waals surface area contributed by atoms with Crippen LogP contribution >= 0.6 is 11.6 Å². The largest absolute Gasteiger partial charge is 0.326 e. The van der Waals surface area contributed by atoms with Gasteiger partial charge in [-0.2, -0.15) is 0 Å². The second kappa shape index (κ2) is 7.79. The van der Waals surface area contributed by atoms with Crippen LogP contribution in [0.25, 0.3) is 0 Å². The summed E-state index contributed by atoms with van der Waals surface area (Å²) >= 11 is 5.79. The number of nitrogens with one attached hydrogen (secondary N) is 2. The molecule has 0 atom stereocenters. The van der Waals surface area contributed by atoms with E-state index in [0.717, 1.165) is 11.1 Å². The Morgan fingerprint density at radius 3 is 2.50 bits per heavy atom. The van der Waals surface area contributed by atoms with E-state index >= 15 is 0 Å². The molecule has 0 unspecified atom stereocenters. The average molecular weight is 367 g/mol. The molecule has 0 bridgehead atoms. The summed E-state index contributed by atoms with van der Waals surface area (Å²) in [4.78, 5) is 12.0. The van der Waals surface area contributed by atoms with Crippen LogP contribution in [-0.4, -0.2) is 20.9 Å². The van der Waals surface area contributed by atoms with Gasteiger partial charge in [-0.15, -0.1) is 0 Å². The molecule has 2 N–H and O–H groups in total. The number of amides is 1. The van der Waals surface area contributed by atoms with E-state index in [1.165, 1.54) is 12.1 Å². The van der Waals surface area contributed by atoms with Crippen LogP contribution in [0.4, 0.5) is 5.69 Å². The first kappa shape index (κ1) is 18.4. The van der Waals surface area contributed by atoms with Gasteiger partial charge in [-0.25, -0.2) is 13.1 Å². The van der Waals surface area contributed by atoms with E-state index in [2.05, 4.69) is 10.0 Å². The first-order valence-electron chi connectivity index (χ1n) is 7.40. The van der Waals surface area contributed by atoms with Gasteiger partial charge in [0.15, 0.2) is 0 Å². The third-order valence-corrected chi connectivity index (χ3v) is 5.23. The Morgan fingerprint density at radius 1 is 1.08 bits per heavy atom. The molecule has 0 aromatic heterocycles. The van der Waals surface area contributed by atoms with Crippen molar-refractivity contribution in [2.24, 2.45) is 0 Å². The van der Waals surface area contributed by atoms with Crippen LogP contribution in [0.5, 0.6) is 0 Å². The Bertz CT molecular complexity index is 851. The second-order valence-electron chi connectivity index (χ2n) is 5.45. The molecule has 0 saturated heterocycles. The van der Waals surface area contributed by atoms with Gasteiger partial charge < -0.3 is 5.32 Å². The normalized spacial score (nSPS) is 11.3. The minimum atomic E-state index is -3.68. The molecule has 2 aromatic rings. The fourth-order valence-corrected chi connectivity index (χ4v) is 3.39. The standard InChI is InChI=1S/C17H19ClN2O3S/c1-12-6-7-15(10-13(12)2)20-17(21)8-9-19-24(22,23)16-5-3-4-14(18)11-16/h3-7,10-11,19H,8-9H2,1-2H3,(H,20,21). The van der Waals surface area contributed by atoms with Crippen molar-refractivity contribution in [2.45, 2.75) is 25.2 Å². The van der Waals surface area contributed by atoms with E-state index in [4.69, 9.17) is 11.6 Å². The van der Waals surface area contributed by atoms with E-state index in [1.807, 2.05) is 32.0 Å². The molecule has 0 aliphatic heterocycles. The monoisotopic (exact) mass is 366 g/mol. The Kier molecular flexibility index (Phi) is 5.99. The summed E-state index contributed by atoms with van der Waals surface area (Å²) in [5.41, 5.74) is 2.91. The lowest BCUT2D eigenvalue weighted by atomic mass is 10.1. The molecule has 0 saturated carbocycles. The van der Waals surface area contributed by atoms with Crippen LogP contribution in [0.2, 0.25) is 5.02 Å². The fraction of sp³-hybridized carbons (Fsp3) is 0.235. The topological polar surface area (TPSA) is 75.3 Å². The predicted octanol–water partition coefficient (Wildman–Crippen LogP) is 3.26. The molecule has 128 valence electrons. The Balaban J connectivity index is 1.89. The van der Waals surface area contributed by atoms with Crippen LogP contribution in [-0.2, 0) is 14.8 Å². The highest BCUT2D eigenvalue weighted by atomic mass is 35.5. The molecule has 0 aliphatic carbocycles. The van der Waals surface area contributed by atoms with Crippen molar-refractivity contribution in [3.8, 4) is 0 Å². The molecule has 0 aliphatic rings. The molecule has 2 rings (SSSR count). The quantitative estimate of drug-likeness (QED) is 0.823. The zero-order valence-electron chi connectivity index (χ0n) is 13.5. The lowest BCUT2D eigenvalue weighted by Gasteiger charge is -2.09. The maximum Gasteiger partial charge on any atom is 0.240 e. The number of hydrogen-bond donors (Lipinski definition) is 2. The highest BCUT2D eigenvalue weighted by Crippen LogP contribution is 2.16. The summed E-state index contributed by atoms with van der Waals surface area (Å²) in [6, 6.07) is 11.6. The van der Waals surface area contributed by atoms with Gasteiger partial charge in [-0.05, 0) is 55.3 Å². The van der Waals surface area contributed by atoms with Crippen molar-refractivity contribution in [3.63, 3.8) is 0 Å². The van der Waals surface area contributed by atoms with Crippen molar-refractivity contribution in [3.05, 3.63) is 58.6 Å². The van der Waals surface area contributed by atoms with Crippen LogP contribution in [0.3, 0.4) is 0 Å². The van der Waals surface area contributed by atoms with E-state index < -0.39 is 10.0 Å². The lowest BCUT2D eigenvalue weighted by molar-refractivity contribution is -0.116. The molecule has 5 nitrogen and oxygen atoms in total. The van der Waals surface area contributed by atoms with Crippen molar-refractivity contribution >= 4 is 33.2 Å². The molecular weight excluding hydrogens is 348 g/mol. The molecule has 0 radical (unpaired) electrons. The third kappa shape index (κ3) is 5.06. The summed E-state index contributed by atoms with van der Waals surface area (Å²) in [6.07, 6.45) is 0.0344. The van der Waals surface area contributed by atoms with Gasteiger partial charge in [0, 0.05) is 23.7 Å². The number of benzene rings is 2. The van der Waals surface area contributed by atoms with Crippen molar-refractivity contribution in [1.29, 1.82) is 0 Å². The van der Waals surface area contributed by atoms with Gasteiger partial charge >= 0.3 is 0 Å². The molecule has 0 fully saturated rings. The molecule has 7 heteroatoms. The summed E-state index contributed by atoms with van der Waals surface area (Å²) < 4.78 is 26.6. The lowest BCUT2D eigenvalue weighted by Crippen LogP contribution is -2.27. The number of halogens is 1. The molecule has 24 heavy (non-hydrogen) atoms. The number of hydrogen-bond acceptors (Lipinski definition) is 3. The summed E-state index contributed by atoms with van der Waals surface area (Å²) in [5, 5.41) is 3.09. The van der Waals surface area contributed by atoms with Gasteiger partial charge in [0.05, 0.1) is 4.90 Å². The second-order valence-corrected chi connectivity index (χ2v) is 7.66. The number of sulfonamides is 1. The highest BCUT2D eigenvalue weighted by molar-refractivity contribution is 7.89. The van der Waals surface area contributed by atoms with Crippen molar-refractivity contribution < 1.29 is 13.2 Å². The molecule has 1 amide bonds. The van der Waals surface area contributed by atoms with E-state index in [-0.39, 0.29) is 23.8 Å². The average Bonchev–Trinajstić information content (AvgIpc) is 2.51. The first-order valence-corrected chi connectivity index (χ1v) is 9.26. The van der Waals surface area contributed by atoms with Gasteiger partial charge in [0.1, 0.15) is 0 Å². The van der Waals surface area contributed by atoms with E-state index in [1.54, 1.807) is 12.1 Å². The van der Waals surface area contributed by atoms with Crippen molar-refractivity contribution in [1.82, 2.24) is 4.72 Å². The molecule has 0 spiro atoms. The first-order chi connectivity index (χ1) is 11.3. The molecular formula is C17H19ClN2O3S. The number of carbonyl (C=O) groups is 1. The van der Waals surface area contributed by atoms with Gasteiger partial charge in [0.2, 0.25) is 15.9 Å². The van der Waals surface area contributed by atoms with Crippen LogP contribution < -0.4 is 10.0 Å². The number of aryl methyl sites for hydroxylation is 2. The SMILES string of the molecule is Cc1ccc(NC(=O)CCNS(=O)(=O)c2cccc(Cl)c2)cc1C. The number of anilines is 1. The smallest absolute Gasteiger partial charge is 0.240 e. The van der Waals surface area contributed by atoms with E-state index in [9.17, 15) is 13.2 Å². The predicted molar refractivity (Wildman–Crippen MR) is 95.8 cm³/mol. The Morgan fingerprint density at radius 2 is 1.83 bits per heavy atom. The summed E-state index contributed by atoms with van der Waals surface area (Å²) in [5.74, 6) is -0.257. The third-order valence-electron chi connectivity index (χ3n) is 3.54. The molecule has 2 aromatic carbocycles. The van der Waals surface area contributed by atoms with E-state index in [0.29, 0.717) is 10.7 Å². The zero-order chi connectivity index (χ0) is 17.7. The zero-order valence-corrected chi connectivity index (χ0v) is 15.0. The van der Waals surface area contributed by atoms with Gasteiger partial charge in [-0.3, -0.25) is 4.79 Å². The summed E-state index contributed by atoms with van der Waals surface area (Å²) in [7, 11) is -3.68. The van der Waals surface area contributed by atoms with Gasteiger partial charge in [0.25, 0.3) is 0 Å². The minimum absolute atomic E-state index is 0.00548. The minimum Gasteiger partial charge on any atom is -0.326 e. The van der Waals surface area contributed by atoms with Crippen LogP contribution in [0, 0.1) is 13.8 Å². The Hall–Kier alpha value is -1.89. The molecule has 0 heterocycles. The summed E-state index contributed by atoms with van der Waals surface area (Å²) in [6.45, 7) is 3.96. The number of carbonyl (C=O) groups excluding carboxylic acids is 1. The maximum absolute atomic E-state index is 12.1. The highest BCUT2D eigenvalue weighted by Gasteiger charge is 2.14. The van der Waals surface area contributed by atoms with Crippen molar-refractivity contribution in [2.75, 3.05) is 11.9 Å². The van der Waals surface area contributed by atoms with Crippen LogP contribution in [0.15, 0.2) is 47.4 Å². The van der Waals surface area contributed by atoms with Gasteiger partial charge in [-0.1, -0.05) is 23.7 Å². The maximum atomic E-state index is 12.1.